The number of piperazine rings is 1. The van der Waals surface area contributed by atoms with E-state index in [1.54, 1.807) is 6.92 Å². The van der Waals surface area contributed by atoms with Crippen molar-refractivity contribution in [3.8, 4) is 11.4 Å². The predicted molar refractivity (Wildman–Crippen MR) is 125 cm³/mol. The average molecular weight is 432 g/mol. The van der Waals surface area contributed by atoms with Crippen LogP contribution in [0, 0.1) is 13.8 Å². The zero-order valence-electron chi connectivity index (χ0n) is 18.8. The summed E-state index contributed by atoms with van der Waals surface area (Å²) in [4.78, 5) is 36.2. The second-order valence-corrected chi connectivity index (χ2v) is 8.36. The Hall–Kier alpha value is -3.45. The first-order chi connectivity index (χ1) is 15.4. The molecule has 0 unspecified atom stereocenters. The second kappa shape index (κ2) is 9.36. The van der Waals surface area contributed by atoms with E-state index in [9.17, 15) is 9.59 Å². The summed E-state index contributed by atoms with van der Waals surface area (Å²) in [5.74, 6) is 0.602. The molecule has 0 saturated carbocycles. The number of carbonyl (C=O) groups is 2. The zero-order chi connectivity index (χ0) is 22.7. The van der Waals surface area contributed by atoms with Crippen molar-refractivity contribution < 1.29 is 9.59 Å². The Morgan fingerprint density at radius 1 is 1.03 bits per heavy atom. The number of aromatic nitrogens is 2. The van der Waals surface area contributed by atoms with Crippen LogP contribution in [-0.4, -0.2) is 57.8 Å². The molecule has 1 saturated heterocycles. The number of benzene rings is 2. The molecule has 2 aromatic carbocycles. The SMILES string of the molecule is CC(=O)N1CCN(Cc2ccc(NC(=O)c3nc(-c4cccc(C)c4)[nH]c3C)cc2)CC1. The lowest BCUT2D eigenvalue weighted by Crippen LogP contribution is -2.47. The molecule has 166 valence electrons. The lowest BCUT2D eigenvalue weighted by atomic mass is 10.1. The molecule has 7 nitrogen and oxygen atoms in total. The number of hydrogen-bond donors (Lipinski definition) is 2. The van der Waals surface area contributed by atoms with Gasteiger partial charge < -0.3 is 15.2 Å². The molecule has 0 spiro atoms. The fourth-order valence-corrected chi connectivity index (χ4v) is 3.97. The number of H-pyrrole nitrogens is 1. The van der Waals surface area contributed by atoms with Gasteiger partial charge in [0.05, 0.1) is 0 Å². The molecular formula is C25H29N5O2. The molecule has 1 fully saturated rings. The van der Waals surface area contributed by atoms with Crippen LogP contribution >= 0.6 is 0 Å². The quantitative estimate of drug-likeness (QED) is 0.647. The molecule has 2 amide bonds. The van der Waals surface area contributed by atoms with Gasteiger partial charge in [-0.2, -0.15) is 0 Å². The third kappa shape index (κ3) is 5.06. The Bertz CT molecular complexity index is 1110. The highest BCUT2D eigenvalue weighted by atomic mass is 16.2. The van der Waals surface area contributed by atoms with Crippen molar-refractivity contribution in [1.82, 2.24) is 19.8 Å². The summed E-state index contributed by atoms with van der Waals surface area (Å²) in [5, 5.41) is 2.95. The van der Waals surface area contributed by atoms with Crippen LogP contribution in [0.3, 0.4) is 0 Å². The van der Waals surface area contributed by atoms with Crippen LogP contribution in [0.15, 0.2) is 48.5 Å². The van der Waals surface area contributed by atoms with Gasteiger partial charge in [-0.25, -0.2) is 4.98 Å². The van der Waals surface area contributed by atoms with Gasteiger partial charge in [0.2, 0.25) is 5.91 Å². The van der Waals surface area contributed by atoms with Crippen LogP contribution in [0.25, 0.3) is 11.4 Å². The highest BCUT2D eigenvalue weighted by Gasteiger charge is 2.19. The van der Waals surface area contributed by atoms with Crippen molar-refractivity contribution in [3.05, 3.63) is 71.0 Å². The predicted octanol–water partition coefficient (Wildman–Crippen LogP) is 3.61. The summed E-state index contributed by atoms with van der Waals surface area (Å²) < 4.78 is 0. The smallest absolute Gasteiger partial charge is 0.276 e. The summed E-state index contributed by atoms with van der Waals surface area (Å²) in [6.45, 7) is 9.64. The van der Waals surface area contributed by atoms with Gasteiger partial charge in [-0.15, -0.1) is 0 Å². The normalized spacial score (nSPS) is 14.4. The Labute approximate surface area is 188 Å². The number of rotatable bonds is 5. The van der Waals surface area contributed by atoms with E-state index in [0.717, 1.165) is 55.2 Å². The minimum absolute atomic E-state index is 0.142. The maximum absolute atomic E-state index is 12.8. The van der Waals surface area contributed by atoms with Crippen molar-refractivity contribution in [1.29, 1.82) is 0 Å². The molecule has 1 aliphatic heterocycles. The summed E-state index contributed by atoms with van der Waals surface area (Å²) in [6.07, 6.45) is 0. The van der Waals surface area contributed by atoms with Gasteiger partial charge in [0.1, 0.15) is 11.5 Å². The van der Waals surface area contributed by atoms with E-state index in [1.165, 1.54) is 5.56 Å². The largest absolute Gasteiger partial charge is 0.341 e. The van der Waals surface area contributed by atoms with Gasteiger partial charge in [-0.3, -0.25) is 14.5 Å². The third-order valence-corrected chi connectivity index (χ3v) is 5.83. The van der Waals surface area contributed by atoms with Gasteiger partial charge in [-0.1, -0.05) is 35.9 Å². The second-order valence-electron chi connectivity index (χ2n) is 8.36. The van der Waals surface area contributed by atoms with Gasteiger partial charge in [0, 0.05) is 56.6 Å². The Balaban J connectivity index is 1.37. The van der Waals surface area contributed by atoms with Crippen LogP contribution in [0.1, 0.15) is 34.2 Å². The molecule has 0 aliphatic carbocycles. The number of carbonyl (C=O) groups excluding carboxylic acids is 2. The van der Waals surface area contributed by atoms with Crippen molar-refractivity contribution in [2.24, 2.45) is 0 Å². The van der Waals surface area contributed by atoms with Crippen molar-refractivity contribution in [2.45, 2.75) is 27.3 Å². The maximum Gasteiger partial charge on any atom is 0.276 e. The standard InChI is InChI=1S/C25H29N5O2/c1-17-5-4-6-21(15-17)24-26-18(2)23(28-24)25(32)27-22-9-7-20(8-10-22)16-29-11-13-30(14-12-29)19(3)31/h4-10,15H,11-14,16H2,1-3H3,(H,26,28)(H,27,32). The lowest BCUT2D eigenvalue weighted by Gasteiger charge is -2.34. The molecule has 7 heteroatoms. The minimum atomic E-state index is -0.231. The van der Waals surface area contributed by atoms with Gasteiger partial charge in [0.25, 0.3) is 5.91 Å². The number of amides is 2. The van der Waals surface area contributed by atoms with Crippen LogP contribution in [0.5, 0.6) is 0 Å². The third-order valence-electron chi connectivity index (χ3n) is 5.83. The highest BCUT2D eigenvalue weighted by molar-refractivity contribution is 6.04. The summed E-state index contributed by atoms with van der Waals surface area (Å²) in [6, 6.07) is 15.9. The van der Waals surface area contributed by atoms with Crippen molar-refractivity contribution in [2.75, 3.05) is 31.5 Å². The maximum atomic E-state index is 12.8. The minimum Gasteiger partial charge on any atom is -0.341 e. The van der Waals surface area contributed by atoms with E-state index < -0.39 is 0 Å². The number of hydrogen-bond acceptors (Lipinski definition) is 4. The number of nitrogens with one attached hydrogen (secondary N) is 2. The first kappa shape index (κ1) is 21.8. The van der Waals surface area contributed by atoms with Crippen LogP contribution in [0.2, 0.25) is 0 Å². The van der Waals surface area contributed by atoms with E-state index in [2.05, 4.69) is 20.2 Å². The van der Waals surface area contributed by atoms with E-state index in [1.807, 2.05) is 67.3 Å². The highest BCUT2D eigenvalue weighted by Crippen LogP contribution is 2.20. The Morgan fingerprint density at radius 2 is 1.75 bits per heavy atom. The molecular weight excluding hydrogens is 402 g/mol. The number of aryl methyl sites for hydroxylation is 2. The molecule has 0 atom stereocenters. The van der Waals surface area contributed by atoms with Crippen LogP contribution in [-0.2, 0) is 11.3 Å². The summed E-state index contributed by atoms with van der Waals surface area (Å²) in [7, 11) is 0. The summed E-state index contributed by atoms with van der Waals surface area (Å²) in [5.41, 5.74) is 5.15. The zero-order valence-corrected chi connectivity index (χ0v) is 18.8. The molecule has 2 N–H and O–H groups in total. The van der Waals surface area contributed by atoms with Crippen LogP contribution < -0.4 is 5.32 Å². The molecule has 32 heavy (non-hydrogen) atoms. The lowest BCUT2D eigenvalue weighted by molar-refractivity contribution is -0.130. The van der Waals surface area contributed by atoms with E-state index in [-0.39, 0.29) is 11.8 Å². The first-order valence-electron chi connectivity index (χ1n) is 10.9. The number of nitrogens with zero attached hydrogens (tertiary/aromatic N) is 3. The Morgan fingerprint density at radius 3 is 2.41 bits per heavy atom. The van der Waals surface area contributed by atoms with Gasteiger partial charge in [-0.05, 0) is 37.6 Å². The summed E-state index contributed by atoms with van der Waals surface area (Å²) >= 11 is 0. The molecule has 2 heterocycles. The topological polar surface area (TPSA) is 81.3 Å². The van der Waals surface area contributed by atoms with Crippen molar-refractivity contribution >= 4 is 17.5 Å². The number of imidazole rings is 1. The van der Waals surface area contributed by atoms with Crippen LogP contribution in [0.4, 0.5) is 5.69 Å². The molecule has 0 bridgehead atoms. The fraction of sp³-hybridized carbons (Fsp3) is 0.320. The molecule has 0 radical (unpaired) electrons. The monoisotopic (exact) mass is 431 g/mol. The fourth-order valence-electron chi connectivity index (χ4n) is 3.97. The molecule has 4 rings (SSSR count). The van der Waals surface area contributed by atoms with E-state index in [4.69, 9.17) is 0 Å². The van der Waals surface area contributed by atoms with Gasteiger partial charge >= 0.3 is 0 Å². The number of aromatic amines is 1. The van der Waals surface area contributed by atoms with Crippen molar-refractivity contribution in [3.63, 3.8) is 0 Å². The molecule has 1 aromatic heterocycles. The van der Waals surface area contributed by atoms with E-state index in [0.29, 0.717) is 11.5 Å². The van der Waals surface area contributed by atoms with E-state index >= 15 is 0 Å². The Kier molecular flexibility index (Phi) is 6.37. The number of anilines is 1. The average Bonchev–Trinajstić information content (AvgIpc) is 3.17. The molecule has 1 aliphatic rings. The molecule has 3 aromatic rings. The first-order valence-corrected chi connectivity index (χ1v) is 10.9. The van der Waals surface area contributed by atoms with Gasteiger partial charge in [0.15, 0.2) is 0 Å².